The van der Waals surface area contributed by atoms with Crippen LogP contribution in [-0.4, -0.2) is 46.6 Å². The molecule has 8 heteroatoms. The Morgan fingerprint density at radius 1 is 1.40 bits per heavy atom. The number of aromatic nitrogens is 2. The highest BCUT2D eigenvalue weighted by Gasteiger charge is 2.29. The lowest BCUT2D eigenvalue weighted by atomic mass is 9.96. The SMILES string of the molecule is Cc1nc(C2CCCN(C(=O)c3ccc4c(c3)NC(=O)CO4)C2)no1. The maximum atomic E-state index is 12.9. The van der Waals surface area contributed by atoms with Crippen molar-refractivity contribution in [1.29, 1.82) is 0 Å². The molecule has 0 bridgehead atoms. The van der Waals surface area contributed by atoms with E-state index in [1.165, 1.54) is 0 Å². The van der Waals surface area contributed by atoms with Gasteiger partial charge in [-0.2, -0.15) is 4.98 Å². The molecule has 1 atom stereocenters. The van der Waals surface area contributed by atoms with Gasteiger partial charge in [0.25, 0.3) is 11.8 Å². The first-order valence-corrected chi connectivity index (χ1v) is 8.26. The molecule has 0 radical (unpaired) electrons. The van der Waals surface area contributed by atoms with Crippen LogP contribution in [0.25, 0.3) is 0 Å². The van der Waals surface area contributed by atoms with Crippen molar-refractivity contribution < 1.29 is 18.8 Å². The molecule has 3 heterocycles. The minimum absolute atomic E-state index is 0.00177. The van der Waals surface area contributed by atoms with Gasteiger partial charge in [0, 0.05) is 31.5 Å². The molecular weight excluding hydrogens is 324 g/mol. The van der Waals surface area contributed by atoms with E-state index in [0.29, 0.717) is 41.8 Å². The molecule has 130 valence electrons. The van der Waals surface area contributed by atoms with Crippen LogP contribution in [0.1, 0.15) is 40.8 Å². The molecule has 2 aliphatic rings. The maximum absolute atomic E-state index is 12.9. The fraction of sp³-hybridized carbons (Fsp3) is 0.412. The highest BCUT2D eigenvalue weighted by atomic mass is 16.5. The van der Waals surface area contributed by atoms with Gasteiger partial charge in [-0.05, 0) is 31.0 Å². The van der Waals surface area contributed by atoms with E-state index in [1.807, 2.05) is 0 Å². The van der Waals surface area contributed by atoms with E-state index >= 15 is 0 Å². The summed E-state index contributed by atoms with van der Waals surface area (Å²) in [5, 5.41) is 6.71. The number of ether oxygens (including phenoxy) is 1. The summed E-state index contributed by atoms with van der Waals surface area (Å²) in [6.45, 7) is 2.99. The number of rotatable bonds is 2. The molecule has 1 aromatic carbocycles. The van der Waals surface area contributed by atoms with Crippen molar-refractivity contribution in [1.82, 2.24) is 15.0 Å². The number of piperidine rings is 1. The van der Waals surface area contributed by atoms with Crippen LogP contribution < -0.4 is 10.1 Å². The number of benzene rings is 1. The summed E-state index contributed by atoms with van der Waals surface area (Å²) >= 11 is 0. The van der Waals surface area contributed by atoms with Crippen molar-refractivity contribution in [2.75, 3.05) is 25.0 Å². The normalized spacial score (nSPS) is 19.8. The Hall–Kier alpha value is -2.90. The third-order valence-corrected chi connectivity index (χ3v) is 4.48. The van der Waals surface area contributed by atoms with Crippen LogP contribution in [0.3, 0.4) is 0 Å². The molecule has 0 spiro atoms. The summed E-state index contributed by atoms with van der Waals surface area (Å²) in [5.41, 5.74) is 1.05. The lowest BCUT2D eigenvalue weighted by Crippen LogP contribution is -2.39. The fourth-order valence-electron chi connectivity index (χ4n) is 3.25. The molecule has 2 amide bonds. The maximum Gasteiger partial charge on any atom is 0.262 e. The zero-order valence-corrected chi connectivity index (χ0v) is 13.8. The zero-order chi connectivity index (χ0) is 17.4. The molecule has 2 aliphatic heterocycles. The van der Waals surface area contributed by atoms with Gasteiger partial charge in [0.05, 0.1) is 5.69 Å². The molecule has 2 aromatic rings. The Morgan fingerprint density at radius 2 is 2.28 bits per heavy atom. The van der Waals surface area contributed by atoms with Crippen LogP contribution in [0.5, 0.6) is 5.75 Å². The number of amides is 2. The van der Waals surface area contributed by atoms with E-state index in [4.69, 9.17) is 9.26 Å². The van der Waals surface area contributed by atoms with Gasteiger partial charge in [0.1, 0.15) is 5.75 Å². The van der Waals surface area contributed by atoms with E-state index in [1.54, 1.807) is 30.0 Å². The summed E-state index contributed by atoms with van der Waals surface area (Å²) in [5.74, 6) is 1.55. The van der Waals surface area contributed by atoms with Crippen LogP contribution in [0, 0.1) is 6.92 Å². The first-order chi connectivity index (χ1) is 12.1. The average molecular weight is 342 g/mol. The van der Waals surface area contributed by atoms with Crippen molar-refractivity contribution >= 4 is 17.5 Å². The van der Waals surface area contributed by atoms with Gasteiger partial charge in [0.15, 0.2) is 12.4 Å². The number of fused-ring (bicyclic) bond motifs is 1. The van der Waals surface area contributed by atoms with Crippen molar-refractivity contribution in [2.45, 2.75) is 25.7 Å². The number of aryl methyl sites for hydroxylation is 1. The summed E-state index contributed by atoms with van der Waals surface area (Å²) in [6, 6.07) is 5.10. The Bertz CT molecular complexity index is 832. The second kappa shape index (κ2) is 6.19. The molecule has 25 heavy (non-hydrogen) atoms. The Kier molecular flexibility index (Phi) is 3.87. The van der Waals surface area contributed by atoms with Gasteiger partial charge in [-0.3, -0.25) is 9.59 Å². The number of likely N-dealkylation sites (tertiary alicyclic amines) is 1. The Labute approximate surface area is 144 Å². The van der Waals surface area contributed by atoms with E-state index in [0.717, 1.165) is 12.8 Å². The Morgan fingerprint density at radius 3 is 3.08 bits per heavy atom. The van der Waals surface area contributed by atoms with Gasteiger partial charge >= 0.3 is 0 Å². The molecule has 0 aliphatic carbocycles. The molecule has 0 saturated carbocycles. The second-order valence-electron chi connectivity index (χ2n) is 6.31. The van der Waals surface area contributed by atoms with Crippen molar-refractivity contribution in [3.05, 3.63) is 35.5 Å². The topological polar surface area (TPSA) is 97.6 Å². The third kappa shape index (κ3) is 3.07. The summed E-state index contributed by atoms with van der Waals surface area (Å²) < 4.78 is 10.4. The predicted molar refractivity (Wildman–Crippen MR) is 87.5 cm³/mol. The van der Waals surface area contributed by atoms with Crippen LogP contribution >= 0.6 is 0 Å². The molecule has 1 saturated heterocycles. The Balaban J connectivity index is 1.52. The number of carbonyl (C=O) groups is 2. The minimum atomic E-state index is -0.220. The van der Waals surface area contributed by atoms with Crippen molar-refractivity contribution in [3.8, 4) is 5.75 Å². The van der Waals surface area contributed by atoms with Gasteiger partial charge < -0.3 is 19.5 Å². The summed E-state index contributed by atoms with van der Waals surface area (Å²) in [7, 11) is 0. The van der Waals surface area contributed by atoms with Gasteiger partial charge in [-0.1, -0.05) is 5.16 Å². The quantitative estimate of drug-likeness (QED) is 0.892. The number of carbonyl (C=O) groups excluding carboxylic acids is 2. The number of hydrogen-bond donors (Lipinski definition) is 1. The van der Waals surface area contributed by atoms with Gasteiger partial charge in [0.2, 0.25) is 5.89 Å². The lowest BCUT2D eigenvalue weighted by molar-refractivity contribution is -0.118. The molecule has 8 nitrogen and oxygen atoms in total. The zero-order valence-electron chi connectivity index (χ0n) is 13.8. The number of anilines is 1. The third-order valence-electron chi connectivity index (χ3n) is 4.48. The minimum Gasteiger partial charge on any atom is -0.482 e. The lowest BCUT2D eigenvalue weighted by Gasteiger charge is -2.31. The predicted octanol–water partition coefficient (Wildman–Crippen LogP) is 1.73. The summed E-state index contributed by atoms with van der Waals surface area (Å²) in [4.78, 5) is 30.4. The molecule has 4 rings (SSSR count). The standard InChI is InChI=1S/C17H18N4O4/c1-10-18-16(20-25-10)12-3-2-6-21(8-12)17(23)11-4-5-14-13(7-11)19-15(22)9-24-14/h4-5,7,12H,2-3,6,8-9H2,1H3,(H,19,22). The second-order valence-corrected chi connectivity index (χ2v) is 6.31. The van der Waals surface area contributed by atoms with Crippen LogP contribution in [0.4, 0.5) is 5.69 Å². The number of hydrogen-bond acceptors (Lipinski definition) is 6. The number of nitrogens with one attached hydrogen (secondary N) is 1. The van der Waals surface area contributed by atoms with Crippen LogP contribution in [-0.2, 0) is 4.79 Å². The van der Waals surface area contributed by atoms with Gasteiger partial charge in [-0.25, -0.2) is 0 Å². The van der Waals surface area contributed by atoms with Gasteiger partial charge in [-0.15, -0.1) is 0 Å². The van der Waals surface area contributed by atoms with E-state index in [9.17, 15) is 9.59 Å². The summed E-state index contributed by atoms with van der Waals surface area (Å²) in [6.07, 6.45) is 1.81. The highest BCUT2D eigenvalue weighted by molar-refractivity contribution is 5.99. The smallest absolute Gasteiger partial charge is 0.262 e. The van der Waals surface area contributed by atoms with E-state index in [2.05, 4.69) is 15.5 Å². The van der Waals surface area contributed by atoms with Crippen molar-refractivity contribution in [2.24, 2.45) is 0 Å². The number of nitrogens with zero attached hydrogens (tertiary/aromatic N) is 3. The monoisotopic (exact) mass is 342 g/mol. The van der Waals surface area contributed by atoms with Crippen LogP contribution in [0.2, 0.25) is 0 Å². The molecule has 1 unspecified atom stereocenters. The molecule has 1 aromatic heterocycles. The van der Waals surface area contributed by atoms with Crippen molar-refractivity contribution in [3.63, 3.8) is 0 Å². The molecule has 1 fully saturated rings. The highest BCUT2D eigenvalue weighted by Crippen LogP contribution is 2.30. The van der Waals surface area contributed by atoms with E-state index < -0.39 is 0 Å². The van der Waals surface area contributed by atoms with Crippen LogP contribution in [0.15, 0.2) is 22.7 Å². The first-order valence-electron chi connectivity index (χ1n) is 8.26. The largest absolute Gasteiger partial charge is 0.482 e. The first kappa shape index (κ1) is 15.6. The average Bonchev–Trinajstić information content (AvgIpc) is 3.07. The molecule has 1 N–H and O–H groups in total. The fourth-order valence-corrected chi connectivity index (χ4v) is 3.25. The van der Waals surface area contributed by atoms with E-state index in [-0.39, 0.29) is 24.3 Å². The molecular formula is C17H18N4O4.